The van der Waals surface area contributed by atoms with Gasteiger partial charge in [-0.15, -0.1) is 0 Å². The number of carbonyl (C=O) groups excluding carboxylic acids is 1. The fourth-order valence-corrected chi connectivity index (χ4v) is 9.62. The van der Waals surface area contributed by atoms with E-state index in [1.807, 2.05) is 0 Å². The number of esters is 1. The zero-order valence-electron chi connectivity index (χ0n) is 21.9. The van der Waals surface area contributed by atoms with Gasteiger partial charge in [0.05, 0.1) is 17.6 Å². The molecule has 0 aromatic rings. The van der Waals surface area contributed by atoms with E-state index in [1.54, 1.807) is 0 Å². The predicted octanol–water partition coefficient (Wildman–Crippen LogP) is 6.51. The van der Waals surface area contributed by atoms with Crippen LogP contribution in [-0.2, 0) is 9.53 Å². The molecule has 0 aromatic heterocycles. The third-order valence-electron chi connectivity index (χ3n) is 11.2. The molecule has 0 unspecified atom stereocenters. The molecule has 1 N–H and O–H groups in total. The quantitative estimate of drug-likeness (QED) is 0.461. The smallest absolute Gasteiger partial charge is 0.302 e. The monoisotopic (exact) mass is 457 g/mol. The molecule has 33 heavy (non-hydrogen) atoms. The van der Waals surface area contributed by atoms with Crippen LogP contribution in [0.25, 0.3) is 0 Å². The van der Waals surface area contributed by atoms with Gasteiger partial charge in [0.25, 0.3) is 0 Å². The predicted molar refractivity (Wildman–Crippen MR) is 130 cm³/mol. The number of aliphatic hydroxyl groups is 1. The summed E-state index contributed by atoms with van der Waals surface area (Å²) in [5, 5.41) is 22.6. The Morgan fingerprint density at radius 2 is 1.82 bits per heavy atom. The summed E-state index contributed by atoms with van der Waals surface area (Å²) in [4.78, 5) is 11.6. The Morgan fingerprint density at radius 1 is 1.09 bits per heavy atom. The Bertz CT molecular complexity index is 788. The molecule has 4 aliphatic carbocycles. The molecule has 0 amide bonds. The van der Waals surface area contributed by atoms with Gasteiger partial charge in [0.2, 0.25) is 0 Å². The highest BCUT2D eigenvalue weighted by atomic mass is 16.5. The molecule has 4 rings (SSSR count). The first-order valence-corrected chi connectivity index (χ1v) is 13.8. The van der Waals surface area contributed by atoms with E-state index < -0.39 is 5.60 Å². The van der Waals surface area contributed by atoms with Crippen LogP contribution in [0.5, 0.6) is 0 Å². The molecule has 0 aromatic carbocycles. The summed E-state index contributed by atoms with van der Waals surface area (Å²) in [5.74, 6) is 2.79. The van der Waals surface area contributed by atoms with Crippen molar-refractivity contribution in [3.8, 4) is 6.07 Å². The molecule has 10 atom stereocenters. The van der Waals surface area contributed by atoms with Crippen LogP contribution in [0.3, 0.4) is 0 Å². The van der Waals surface area contributed by atoms with E-state index in [2.05, 4.69) is 40.7 Å². The molecule has 4 saturated carbocycles. The van der Waals surface area contributed by atoms with Gasteiger partial charge in [-0.3, -0.25) is 4.79 Å². The van der Waals surface area contributed by atoms with Crippen molar-refractivity contribution >= 4 is 5.97 Å². The van der Waals surface area contributed by atoms with Gasteiger partial charge in [0, 0.05) is 18.8 Å². The average molecular weight is 458 g/mol. The summed E-state index contributed by atoms with van der Waals surface area (Å²) in [6.45, 7) is 13.3. The van der Waals surface area contributed by atoms with Gasteiger partial charge < -0.3 is 9.84 Å². The molecule has 0 aliphatic heterocycles. The largest absolute Gasteiger partial charge is 0.462 e. The van der Waals surface area contributed by atoms with E-state index in [0.717, 1.165) is 37.0 Å². The first kappa shape index (κ1) is 25.0. The highest BCUT2D eigenvalue weighted by Crippen LogP contribution is 2.73. The average Bonchev–Trinajstić information content (AvgIpc) is 3.16. The van der Waals surface area contributed by atoms with E-state index in [9.17, 15) is 15.2 Å². The third kappa shape index (κ3) is 3.85. The van der Waals surface area contributed by atoms with Crippen LogP contribution in [0.2, 0.25) is 0 Å². The number of rotatable bonds is 6. The standard InChI is InChI=1S/C29H47NO3/c1-18(2)8-7-9-19(3)22-10-11-23-26-24(13-14-27(22,23)5)28(6)15-12-21(33-20(4)31)16-29(28,32)25(26)17-30/h18-19,21-26,32H,7-16H2,1-6H3/t19-,21+,22-,23+,24+,25-,26+,27-,28-,29-/m1/s1. The molecule has 0 radical (unpaired) electrons. The van der Waals surface area contributed by atoms with Crippen LogP contribution in [0, 0.1) is 63.6 Å². The Labute approximate surface area is 201 Å². The first-order chi connectivity index (χ1) is 15.5. The fraction of sp³-hybridized carbons (Fsp3) is 0.931. The van der Waals surface area contributed by atoms with Crippen LogP contribution >= 0.6 is 0 Å². The van der Waals surface area contributed by atoms with Gasteiger partial charge in [0.15, 0.2) is 0 Å². The normalized spacial score (nSPS) is 47.4. The van der Waals surface area contributed by atoms with Gasteiger partial charge in [-0.1, -0.05) is 53.9 Å². The molecular weight excluding hydrogens is 410 g/mol. The molecule has 0 spiro atoms. The molecule has 4 fully saturated rings. The molecular formula is C29H47NO3. The minimum Gasteiger partial charge on any atom is -0.462 e. The van der Waals surface area contributed by atoms with Crippen LogP contribution in [0.15, 0.2) is 0 Å². The van der Waals surface area contributed by atoms with Crippen LogP contribution in [0.4, 0.5) is 0 Å². The summed E-state index contributed by atoms with van der Waals surface area (Å²) in [6, 6.07) is 2.63. The minimum atomic E-state index is -1.05. The van der Waals surface area contributed by atoms with Gasteiger partial charge in [0.1, 0.15) is 6.10 Å². The lowest BCUT2D eigenvalue weighted by Crippen LogP contribution is -2.54. The van der Waals surface area contributed by atoms with Crippen molar-refractivity contribution in [2.45, 2.75) is 117 Å². The van der Waals surface area contributed by atoms with Crippen molar-refractivity contribution in [1.29, 1.82) is 5.26 Å². The van der Waals surface area contributed by atoms with E-state index >= 15 is 0 Å². The van der Waals surface area contributed by atoms with Gasteiger partial charge in [-0.2, -0.15) is 5.26 Å². The molecule has 0 heterocycles. The van der Waals surface area contributed by atoms with Gasteiger partial charge in [-0.25, -0.2) is 0 Å². The molecule has 4 aliphatic rings. The lowest BCUT2D eigenvalue weighted by atomic mass is 9.53. The maximum absolute atomic E-state index is 12.2. The summed E-state index contributed by atoms with van der Waals surface area (Å²) >= 11 is 0. The number of ether oxygens (including phenoxy) is 1. The molecule has 4 nitrogen and oxygen atoms in total. The van der Waals surface area contributed by atoms with Crippen LogP contribution in [-0.4, -0.2) is 22.8 Å². The van der Waals surface area contributed by atoms with Gasteiger partial charge in [-0.05, 0) is 79.4 Å². The van der Waals surface area contributed by atoms with Crippen LogP contribution < -0.4 is 0 Å². The molecule has 4 heteroatoms. The zero-order chi connectivity index (χ0) is 24.2. The second-order valence-electron chi connectivity index (χ2n) is 13.2. The summed E-state index contributed by atoms with van der Waals surface area (Å²) in [7, 11) is 0. The van der Waals surface area contributed by atoms with Crippen molar-refractivity contribution in [2.24, 2.45) is 52.3 Å². The number of nitrogens with zero attached hydrogens (tertiary/aromatic N) is 1. The first-order valence-electron chi connectivity index (χ1n) is 13.8. The lowest BCUT2D eigenvalue weighted by Gasteiger charge is -2.52. The van der Waals surface area contributed by atoms with Crippen molar-refractivity contribution in [1.82, 2.24) is 0 Å². The SMILES string of the molecule is CC(=O)O[C@H]1CC[C@]2(C)[C@H]3CC[C@]4(C)[C@@H]([C@H](C)CCCC(C)C)CC[C@H]4[C@@H]3[C@@H](C#N)[C@]2(O)C1. The molecule has 0 saturated heterocycles. The van der Waals surface area contributed by atoms with Crippen molar-refractivity contribution in [2.75, 3.05) is 0 Å². The Balaban J connectivity index is 1.58. The topological polar surface area (TPSA) is 70.3 Å². The van der Waals surface area contributed by atoms with Crippen molar-refractivity contribution in [3.05, 3.63) is 0 Å². The minimum absolute atomic E-state index is 0.253. The summed E-state index contributed by atoms with van der Waals surface area (Å²) in [5.41, 5.74) is -1.03. The van der Waals surface area contributed by atoms with E-state index in [-0.39, 0.29) is 34.7 Å². The van der Waals surface area contributed by atoms with E-state index in [4.69, 9.17) is 4.74 Å². The third-order valence-corrected chi connectivity index (χ3v) is 11.2. The van der Waals surface area contributed by atoms with Gasteiger partial charge >= 0.3 is 5.97 Å². The number of hydrogen-bond acceptors (Lipinski definition) is 4. The second-order valence-corrected chi connectivity index (χ2v) is 13.2. The highest BCUT2D eigenvalue weighted by molar-refractivity contribution is 5.66. The zero-order valence-corrected chi connectivity index (χ0v) is 21.9. The highest BCUT2D eigenvalue weighted by Gasteiger charge is 2.72. The number of hydrogen-bond donors (Lipinski definition) is 1. The Kier molecular flexibility index (Phi) is 6.71. The summed E-state index contributed by atoms with van der Waals surface area (Å²) in [6.07, 6.45) is 10.6. The van der Waals surface area contributed by atoms with E-state index in [1.165, 1.54) is 45.4 Å². The molecule has 186 valence electrons. The number of nitriles is 1. The maximum atomic E-state index is 12.2. The molecule has 0 bridgehead atoms. The Hall–Kier alpha value is -1.08. The summed E-state index contributed by atoms with van der Waals surface area (Å²) < 4.78 is 5.56. The Morgan fingerprint density at radius 3 is 2.45 bits per heavy atom. The van der Waals surface area contributed by atoms with E-state index in [0.29, 0.717) is 18.3 Å². The fourth-order valence-electron chi connectivity index (χ4n) is 9.62. The van der Waals surface area contributed by atoms with Crippen LogP contribution in [0.1, 0.15) is 106 Å². The number of carbonyl (C=O) groups is 1. The second kappa shape index (κ2) is 8.85. The van der Waals surface area contributed by atoms with Crippen molar-refractivity contribution in [3.63, 3.8) is 0 Å². The maximum Gasteiger partial charge on any atom is 0.302 e. The van der Waals surface area contributed by atoms with Crippen molar-refractivity contribution < 1.29 is 14.6 Å². The lowest BCUT2D eigenvalue weighted by molar-refractivity contribution is -0.171. The number of fused-ring (bicyclic) bond motifs is 5.